The zero-order valence-electron chi connectivity index (χ0n) is 18.4. The number of nitrogens with one attached hydrogen (secondary N) is 2. The van der Waals surface area contributed by atoms with Crippen molar-refractivity contribution in [1.82, 2.24) is 0 Å². The van der Waals surface area contributed by atoms with E-state index in [9.17, 15) is 45.8 Å². The number of ether oxygens (including phenoxy) is 1. The largest absolute Gasteiger partial charge is 0.495 e. The third-order valence-electron chi connectivity index (χ3n) is 4.67. The lowest BCUT2D eigenvalue weighted by Gasteiger charge is -2.15. The second-order valence-corrected chi connectivity index (χ2v) is 12.3. The molecule has 0 aliphatic rings. The van der Waals surface area contributed by atoms with Crippen LogP contribution in [0.2, 0.25) is 0 Å². The number of nitro benzene ring substituents is 2. The van der Waals surface area contributed by atoms with E-state index < -0.39 is 79.8 Å². The summed E-state index contributed by atoms with van der Waals surface area (Å²) in [5.41, 5.74) is -3.97. The van der Waals surface area contributed by atoms with Crippen molar-refractivity contribution in [2.45, 2.75) is 9.79 Å². The zero-order chi connectivity index (χ0) is 28.6. The van der Waals surface area contributed by atoms with Crippen LogP contribution in [0.5, 0.6) is 5.75 Å². The predicted molar refractivity (Wildman–Crippen MR) is 136 cm³/mol. The number of benzene rings is 3. The fraction of sp³-hybridized carbons (Fsp3) is 0.0526. The molecule has 3 aromatic carbocycles. The molecule has 2 N–H and O–H groups in total. The molecular formula is C19H12Br2F2N4O9S2. The Kier molecular flexibility index (Phi) is 8.24. The maximum atomic E-state index is 14.5. The molecule has 0 amide bonds. The normalized spacial score (nSPS) is 11.6. The summed E-state index contributed by atoms with van der Waals surface area (Å²) in [6, 6.07) is 5.48. The van der Waals surface area contributed by atoms with Crippen LogP contribution in [-0.4, -0.2) is 33.8 Å². The number of hydrogen-bond donors (Lipinski definition) is 2. The lowest BCUT2D eigenvalue weighted by molar-refractivity contribution is -0.384. The van der Waals surface area contributed by atoms with E-state index in [1.54, 1.807) is 9.44 Å². The van der Waals surface area contributed by atoms with Crippen molar-refractivity contribution in [3.05, 3.63) is 83.3 Å². The van der Waals surface area contributed by atoms with Gasteiger partial charge in [0.2, 0.25) is 0 Å². The molecule has 0 saturated heterocycles. The van der Waals surface area contributed by atoms with Crippen LogP contribution in [0.25, 0.3) is 0 Å². The Bertz CT molecular complexity index is 1700. The van der Waals surface area contributed by atoms with Gasteiger partial charge in [0.1, 0.15) is 10.6 Å². The number of rotatable bonds is 9. The number of halogens is 4. The molecule has 0 unspecified atom stereocenters. The van der Waals surface area contributed by atoms with E-state index in [0.29, 0.717) is 6.07 Å². The van der Waals surface area contributed by atoms with E-state index in [-0.39, 0.29) is 8.95 Å². The molecular weight excluding hydrogens is 690 g/mol. The van der Waals surface area contributed by atoms with Gasteiger partial charge < -0.3 is 4.74 Å². The Labute approximate surface area is 229 Å². The highest BCUT2D eigenvalue weighted by molar-refractivity contribution is 9.10. The second kappa shape index (κ2) is 10.8. The summed E-state index contributed by atoms with van der Waals surface area (Å²) in [4.78, 5) is 18.8. The number of nitrogens with zero attached hydrogens (tertiary/aromatic N) is 2. The van der Waals surface area contributed by atoms with E-state index in [1.807, 2.05) is 0 Å². The molecule has 0 bridgehead atoms. The number of hydrogen-bond acceptors (Lipinski definition) is 9. The van der Waals surface area contributed by atoms with E-state index in [1.165, 1.54) is 0 Å². The molecule has 0 atom stereocenters. The zero-order valence-corrected chi connectivity index (χ0v) is 23.2. The first-order valence-corrected chi connectivity index (χ1v) is 14.1. The van der Waals surface area contributed by atoms with Gasteiger partial charge in [-0.15, -0.1) is 0 Å². The van der Waals surface area contributed by atoms with Crippen molar-refractivity contribution in [2.75, 3.05) is 16.6 Å². The molecule has 202 valence electrons. The molecule has 0 aromatic heterocycles. The van der Waals surface area contributed by atoms with Crippen molar-refractivity contribution in [1.29, 1.82) is 0 Å². The van der Waals surface area contributed by atoms with Gasteiger partial charge in [0.05, 0.1) is 21.9 Å². The van der Waals surface area contributed by atoms with Crippen molar-refractivity contribution >= 4 is 74.7 Å². The van der Waals surface area contributed by atoms with Crippen LogP contribution < -0.4 is 14.2 Å². The van der Waals surface area contributed by atoms with Gasteiger partial charge in [0.25, 0.3) is 31.4 Å². The summed E-state index contributed by atoms with van der Waals surface area (Å²) >= 11 is 5.71. The van der Waals surface area contributed by atoms with Crippen molar-refractivity contribution < 1.29 is 40.2 Å². The summed E-state index contributed by atoms with van der Waals surface area (Å²) in [6.45, 7) is 0. The molecule has 0 aliphatic heterocycles. The molecule has 0 fully saturated rings. The monoisotopic (exact) mass is 700 g/mol. The highest BCUT2D eigenvalue weighted by Crippen LogP contribution is 2.37. The Morgan fingerprint density at radius 3 is 1.66 bits per heavy atom. The van der Waals surface area contributed by atoms with Gasteiger partial charge in [-0.2, -0.15) is 0 Å². The van der Waals surface area contributed by atoms with Gasteiger partial charge in [-0.1, -0.05) is 31.9 Å². The maximum absolute atomic E-state index is 14.5. The third kappa shape index (κ3) is 6.00. The van der Waals surface area contributed by atoms with Gasteiger partial charge in [-0.05, 0) is 30.3 Å². The van der Waals surface area contributed by atoms with Crippen molar-refractivity contribution in [3.63, 3.8) is 0 Å². The van der Waals surface area contributed by atoms with Crippen LogP contribution in [0.4, 0.5) is 31.5 Å². The summed E-state index contributed by atoms with van der Waals surface area (Å²) in [7, 11) is -8.79. The second-order valence-electron chi connectivity index (χ2n) is 7.10. The van der Waals surface area contributed by atoms with E-state index in [4.69, 9.17) is 4.74 Å². The average molecular weight is 702 g/mol. The van der Waals surface area contributed by atoms with Gasteiger partial charge in [0, 0.05) is 21.1 Å². The van der Waals surface area contributed by atoms with Crippen molar-refractivity contribution in [2.24, 2.45) is 0 Å². The molecule has 19 heteroatoms. The summed E-state index contributed by atoms with van der Waals surface area (Å²) in [5, 5.41) is 22.7. The average Bonchev–Trinajstić information content (AvgIpc) is 2.81. The van der Waals surface area contributed by atoms with Gasteiger partial charge >= 0.3 is 0 Å². The first-order valence-electron chi connectivity index (χ1n) is 9.58. The highest BCUT2D eigenvalue weighted by Gasteiger charge is 2.30. The lowest BCUT2D eigenvalue weighted by atomic mass is 10.2. The van der Waals surface area contributed by atoms with Crippen LogP contribution in [-0.2, 0) is 20.0 Å². The van der Waals surface area contributed by atoms with Crippen LogP contribution in [0.15, 0.2) is 61.2 Å². The third-order valence-corrected chi connectivity index (χ3v) is 8.30. The fourth-order valence-electron chi connectivity index (χ4n) is 3.03. The standard InChI is InChI=1S/C19H12Br2F2N4O9S2/c1-36-16-3-2-11(37(32,33)24-18-12(22)4-9(20)6-14(18)26(28)29)8-17(16)38(34,35)25-19-13(23)5-10(21)7-15(19)27(30)31/h2-8,24-25H,1H3. The fourth-order valence-corrected chi connectivity index (χ4v) is 6.33. The minimum atomic E-state index is -4.95. The summed E-state index contributed by atoms with van der Waals surface area (Å²) in [5.74, 6) is -3.08. The molecule has 0 aliphatic carbocycles. The first-order chi connectivity index (χ1) is 17.6. The number of anilines is 2. The lowest BCUT2D eigenvalue weighted by Crippen LogP contribution is -2.19. The number of sulfonamides is 2. The quantitative estimate of drug-likeness (QED) is 0.231. The van der Waals surface area contributed by atoms with Crippen LogP contribution in [0.1, 0.15) is 0 Å². The molecule has 0 radical (unpaired) electrons. The topological polar surface area (TPSA) is 188 Å². The molecule has 38 heavy (non-hydrogen) atoms. The van der Waals surface area contributed by atoms with E-state index in [0.717, 1.165) is 43.5 Å². The summed E-state index contributed by atoms with van der Waals surface area (Å²) < 4.78 is 89.3. The van der Waals surface area contributed by atoms with Crippen LogP contribution >= 0.6 is 31.9 Å². The Morgan fingerprint density at radius 1 is 0.789 bits per heavy atom. The number of methoxy groups -OCH3 is 1. The molecule has 0 spiro atoms. The smallest absolute Gasteiger partial charge is 0.297 e. The molecule has 0 saturated carbocycles. The molecule has 13 nitrogen and oxygen atoms in total. The minimum Gasteiger partial charge on any atom is -0.495 e. The summed E-state index contributed by atoms with van der Waals surface area (Å²) in [6.07, 6.45) is 0. The maximum Gasteiger partial charge on any atom is 0.297 e. The number of nitro groups is 2. The molecule has 3 aromatic rings. The Morgan fingerprint density at radius 2 is 1.24 bits per heavy atom. The Hall–Kier alpha value is -3.42. The van der Waals surface area contributed by atoms with Crippen LogP contribution in [0.3, 0.4) is 0 Å². The molecule has 0 heterocycles. The highest BCUT2D eigenvalue weighted by atomic mass is 79.9. The SMILES string of the molecule is COc1ccc(S(=O)(=O)Nc2c(F)cc(Br)cc2[N+](=O)[O-])cc1S(=O)(=O)Nc1c(F)cc(Br)cc1[N+](=O)[O-]. The van der Waals surface area contributed by atoms with Crippen LogP contribution in [0, 0.1) is 31.9 Å². The predicted octanol–water partition coefficient (Wildman–Crippen LogP) is 4.92. The minimum absolute atomic E-state index is 0.0529. The van der Waals surface area contributed by atoms with E-state index >= 15 is 0 Å². The van der Waals surface area contributed by atoms with Gasteiger partial charge in [0.15, 0.2) is 23.0 Å². The van der Waals surface area contributed by atoms with E-state index in [2.05, 4.69) is 31.9 Å². The molecule has 3 rings (SSSR count). The Balaban J connectivity index is 2.13. The van der Waals surface area contributed by atoms with Gasteiger partial charge in [-0.25, -0.2) is 25.6 Å². The van der Waals surface area contributed by atoms with Crippen molar-refractivity contribution in [3.8, 4) is 5.75 Å². The van der Waals surface area contributed by atoms with Gasteiger partial charge in [-0.3, -0.25) is 29.7 Å². The first kappa shape index (κ1) is 29.1.